The zero-order valence-corrected chi connectivity index (χ0v) is 6.67. The number of rotatable bonds is 0. The van der Waals surface area contributed by atoms with Crippen molar-refractivity contribution in [2.45, 2.75) is 6.42 Å². The largest absolute Gasteiger partial charge is 0.361 e. The Balaban J connectivity index is 2.52. The lowest BCUT2D eigenvalue weighted by Crippen LogP contribution is -1.98. The molecule has 2 rings (SSSR count). The SMILES string of the molecule is N=C1CC=CNc2ccccc21. The topological polar surface area (TPSA) is 35.9 Å². The van der Waals surface area contributed by atoms with Gasteiger partial charge in [-0.2, -0.15) is 0 Å². The van der Waals surface area contributed by atoms with Crippen LogP contribution in [0.5, 0.6) is 0 Å². The van der Waals surface area contributed by atoms with Crippen LogP contribution in [0.25, 0.3) is 0 Å². The minimum absolute atomic E-state index is 0.673. The summed E-state index contributed by atoms with van der Waals surface area (Å²) in [6, 6.07) is 7.88. The summed E-state index contributed by atoms with van der Waals surface area (Å²) in [4.78, 5) is 0. The van der Waals surface area contributed by atoms with E-state index < -0.39 is 0 Å². The standard InChI is InChI=1S/C10H10N2/c11-9-5-3-7-12-10-6-2-1-4-8(9)10/h1-4,6-7,11-12H,5H2. The van der Waals surface area contributed by atoms with Crippen molar-refractivity contribution < 1.29 is 0 Å². The second-order valence-electron chi connectivity index (χ2n) is 2.77. The second kappa shape index (κ2) is 2.81. The molecule has 2 heteroatoms. The van der Waals surface area contributed by atoms with E-state index in [0.29, 0.717) is 12.1 Å². The van der Waals surface area contributed by atoms with E-state index in [2.05, 4.69) is 5.32 Å². The Labute approximate surface area is 71.4 Å². The summed E-state index contributed by atoms with van der Waals surface area (Å²) in [6.07, 6.45) is 4.56. The van der Waals surface area contributed by atoms with Crippen LogP contribution in [0.1, 0.15) is 12.0 Å². The lowest BCUT2D eigenvalue weighted by Gasteiger charge is -2.05. The molecule has 0 saturated carbocycles. The number of allylic oxidation sites excluding steroid dienone is 1. The normalized spacial score (nSPS) is 14.8. The van der Waals surface area contributed by atoms with Crippen LogP contribution in [0.3, 0.4) is 0 Å². The third-order valence-electron chi connectivity index (χ3n) is 1.93. The highest BCUT2D eigenvalue weighted by atomic mass is 14.8. The molecule has 12 heavy (non-hydrogen) atoms. The Morgan fingerprint density at radius 2 is 2.08 bits per heavy atom. The highest BCUT2D eigenvalue weighted by molar-refractivity contribution is 6.04. The Bertz CT molecular complexity index is 339. The highest BCUT2D eigenvalue weighted by Crippen LogP contribution is 2.19. The molecule has 0 saturated heterocycles. The summed E-state index contributed by atoms with van der Waals surface area (Å²) in [6.45, 7) is 0. The minimum atomic E-state index is 0.673. The number of fused-ring (bicyclic) bond motifs is 1. The summed E-state index contributed by atoms with van der Waals surface area (Å²) in [5, 5.41) is 10.9. The second-order valence-corrected chi connectivity index (χ2v) is 2.77. The van der Waals surface area contributed by atoms with Crippen LogP contribution in [-0.2, 0) is 0 Å². The van der Waals surface area contributed by atoms with Crippen molar-refractivity contribution in [3.8, 4) is 0 Å². The summed E-state index contributed by atoms with van der Waals surface area (Å²) in [5.41, 5.74) is 2.70. The molecule has 1 aliphatic rings. The molecule has 1 aliphatic heterocycles. The van der Waals surface area contributed by atoms with Gasteiger partial charge in [-0.05, 0) is 12.3 Å². The maximum absolute atomic E-state index is 7.72. The van der Waals surface area contributed by atoms with E-state index in [9.17, 15) is 0 Å². The van der Waals surface area contributed by atoms with Crippen molar-refractivity contribution >= 4 is 11.4 Å². The summed E-state index contributed by atoms with van der Waals surface area (Å²) in [7, 11) is 0. The molecule has 1 heterocycles. The lowest BCUT2D eigenvalue weighted by molar-refractivity contribution is 1.37. The van der Waals surface area contributed by atoms with Gasteiger partial charge in [0.15, 0.2) is 0 Å². The molecule has 0 aliphatic carbocycles. The highest BCUT2D eigenvalue weighted by Gasteiger charge is 2.06. The average Bonchev–Trinajstić information content (AvgIpc) is 2.29. The van der Waals surface area contributed by atoms with Gasteiger partial charge in [0, 0.05) is 23.4 Å². The molecule has 1 aromatic rings. The fourth-order valence-corrected chi connectivity index (χ4v) is 1.31. The van der Waals surface area contributed by atoms with E-state index in [1.54, 1.807) is 0 Å². The average molecular weight is 158 g/mol. The molecular weight excluding hydrogens is 148 g/mol. The summed E-state index contributed by atoms with van der Waals surface area (Å²) < 4.78 is 0. The van der Waals surface area contributed by atoms with Crippen molar-refractivity contribution in [2.24, 2.45) is 0 Å². The van der Waals surface area contributed by atoms with Crippen LogP contribution in [0.15, 0.2) is 36.5 Å². The van der Waals surface area contributed by atoms with Crippen molar-refractivity contribution in [2.75, 3.05) is 5.32 Å². The molecule has 1 aromatic carbocycles. The molecule has 0 unspecified atom stereocenters. The summed E-state index contributed by atoms with van der Waals surface area (Å²) in [5.74, 6) is 0. The monoisotopic (exact) mass is 158 g/mol. The van der Waals surface area contributed by atoms with Crippen LogP contribution in [0.2, 0.25) is 0 Å². The van der Waals surface area contributed by atoms with E-state index in [0.717, 1.165) is 11.3 Å². The van der Waals surface area contributed by atoms with Gasteiger partial charge in [-0.1, -0.05) is 24.3 Å². The van der Waals surface area contributed by atoms with Gasteiger partial charge in [-0.25, -0.2) is 0 Å². The number of para-hydroxylation sites is 1. The Morgan fingerprint density at radius 3 is 3.00 bits per heavy atom. The first-order valence-electron chi connectivity index (χ1n) is 3.96. The van der Waals surface area contributed by atoms with Crippen molar-refractivity contribution in [3.63, 3.8) is 0 Å². The van der Waals surface area contributed by atoms with Crippen molar-refractivity contribution in [3.05, 3.63) is 42.1 Å². The van der Waals surface area contributed by atoms with Gasteiger partial charge in [0.25, 0.3) is 0 Å². The van der Waals surface area contributed by atoms with Gasteiger partial charge in [0.05, 0.1) is 0 Å². The van der Waals surface area contributed by atoms with Crippen LogP contribution >= 0.6 is 0 Å². The predicted octanol–water partition coefficient (Wildman–Crippen LogP) is 2.38. The zero-order chi connectivity index (χ0) is 8.39. The number of hydrogen-bond acceptors (Lipinski definition) is 2. The van der Waals surface area contributed by atoms with Gasteiger partial charge in [0.1, 0.15) is 0 Å². The maximum atomic E-state index is 7.72. The minimum Gasteiger partial charge on any atom is -0.361 e. The van der Waals surface area contributed by atoms with E-state index in [1.807, 2.05) is 36.5 Å². The smallest absolute Gasteiger partial charge is 0.0471 e. The Hall–Kier alpha value is -1.57. The number of benzene rings is 1. The van der Waals surface area contributed by atoms with Gasteiger partial charge in [0.2, 0.25) is 0 Å². The molecule has 0 aromatic heterocycles. The number of anilines is 1. The summed E-state index contributed by atoms with van der Waals surface area (Å²) >= 11 is 0. The first kappa shape index (κ1) is 7.10. The molecule has 0 atom stereocenters. The molecular formula is C10H10N2. The zero-order valence-electron chi connectivity index (χ0n) is 6.67. The first-order chi connectivity index (χ1) is 5.88. The van der Waals surface area contributed by atoms with Crippen LogP contribution in [-0.4, -0.2) is 5.71 Å². The van der Waals surface area contributed by atoms with Crippen LogP contribution in [0, 0.1) is 5.41 Å². The van der Waals surface area contributed by atoms with E-state index >= 15 is 0 Å². The van der Waals surface area contributed by atoms with Gasteiger partial charge < -0.3 is 10.7 Å². The van der Waals surface area contributed by atoms with Crippen molar-refractivity contribution in [1.29, 1.82) is 5.41 Å². The van der Waals surface area contributed by atoms with E-state index in [4.69, 9.17) is 5.41 Å². The molecule has 2 nitrogen and oxygen atoms in total. The molecule has 0 bridgehead atoms. The third-order valence-corrected chi connectivity index (χ3v) is 1.93. The molecule has 0 amide bonds. The van der Waals surface area contributed by atoms with Crippen LogP contribution < -0.4 is 5.32 Å². The molecule has 0 fully saturated rings. The fourth-order valence-electron chi connectivity index (χ4n) is 1.31. The first-order valence-corrected chi connectivity index (χ1v) is 3.96. The predicted molar refractivity (Wildman–Crippen MR) is 50.7 cm³/mol. The fraction of sp³-hybridized carbons (Fsp3) is 0.100. The third kappa shape index (κ3) is 1.11. The molecule has 0 radical (unpaired) electrons. The van der Waals surface area contributed by atoms with E-state index in [1.165, 1.54) is 0 Å². The van der Waals surface area contributed by atoms with Gasteiger partial charge in [-0.15, -0.1) is 0 Å². The van der Waals surface area contributed by atoms with Gasteiger partial charge >= 0.3 is 0 Å². The van der Waals surface area contributed by atoms with Crippen molar-refractivity contribution in [1.82, 2.24) is 0 Å². The number of nitrogens with one attached hydrogen (secondary N) is 2. The Morgan fingerprint density at radius 1 is 1.25 bits per heavy atom. The van der Waals surface area contributed by atoms with Crippen LogP contribution in [0.4, 0.5) is 5.69 Å². The quantitative estimate of drug-likeness (QED) is 0.597. The lowest BCUT2D eigenvalue weighted by atomic mass is 10.1. The van der Waals surface area contributed by atoms with E-state index in [-0.39, 0.29) is 0 Å². The van der Waals surface area contributed by atoms with Gasteiger partial charge in [-0.3, -0.25) is 0 Å². The molecule has 2 N–H and O–H groups in total. The maximum Gasteiger partial charge on any atom is 0.0471 e. The molecule has 60 valence electrons. The number of hydrogen-bond donors (Lipinski definition) is 2. The molecule has 0 spiro atoms. The Kier molecular flexibility index (Phi) is 1.67.